The minimum Gasteiger partial charge on any atom is -0.481 e. The maximum Gasteiger partial charge on any atom is 0.326 e. The summed E-state index contributed by atoms with van der Waals surface area (Å²) < 4.78 is 13.5. The molecular weight excluding hydrogens is 319 g/mol. The van der Waals surface area contributed by atoms with Crippen LogP contribution in [0.4, 0.5) is 4.39 Å². The monoisotopic (exact) mass is 334 g/mol. The number of benzene rings is 1. The number of carbonyl (C=O) groups excluding carboxylic acids is 1. The highest BCUT2D eigenvalue weighted by Crippen LogP contribution is 2.20. The van der Waals surface area contributed by atoms with Crippen molar-refractivity contribution in [1.82, 2.24) is 10.3 Å². The average molecular weight is 334 g/mol. The SMILES string of the molecule is Cc1cc(C(=O)N[C@@H](CCC(=O)O)C(=O)O)c2cc(F)ccc2n1. The zero-order valence-electron chi connectivity index (χ0n) is 12.7. The van der Waals surface area contributed by atoms with Gasteiger partial charge in [-0.15, -0.1) is 0 Å². The Morgan fingerprint density at radius 1 is 1.25 bits per heavy atom. The fourth-order valence-electron chi connectivity index (χ4n) is 2.28. The van der Waals surface area contributed by atoms with E-state index in [0.717, 1.165) is 6.07 Å². The molecule has 126 valence electrons. The Morgan fingerprint density at radius 2 is 1.96 bits per heavy atom. The summed E-state index contributed by atoms with van der Waals surface area (Å²) in [5.41, 5.74) is 0.995. The van der Waals surface area contributed by atoms with E-state index in [4.69, 9.17) is 10.2 Å². The van der Waals surface area contributed by atoms with E-state index in [1.54, 1.807) is 6.92 Å². The average Bonchev–Trinajstić information content (AvgIpc) is 2.50. The van der Waals surface area contributed by atoms with E-state index in [1.807, 2.05) is 0 Å². The standard InChI is InChI=1S/C16H15FN2O5/c1-8-6-11(10-7-9(17)2-3-12(10)18-8)15(22)19-13(16(23)24)4-5-14(20)21/h2-3,6-7,13H,4-5H2,1H3,(H,19,22)(H,20,21)(H,23,24)/t13-/m0/s1. The van der Waals surface area contributed by atoms with Gasteiger partial charge in [0.1, 0.15) is 11.9 Å². The van der Waals surface area contributed by atoms with E-state index in [0.29, 0.717) is 11.2 Å². The second-order valence-electron chi connectivity index (χ2n) is 5.27. The zero-order valence-corrected chi connectivity index (χ0v) is 12.7. The highest BCUT2D eigenvalue weighted by molar-refractivity contribution is 6.07. The van der Waals surface area contributed by atoms with E-state index in [-0.39, 0.29) is 17.4 Å². The number of aryl methyl sites for hydroxylation is 1. The molecule has 0 fully saturated rings. The lowest BCUT2D eigenvalue weighted by Crippen LogP contribution is -2.41. The normalized spacial score (nSPS) is 11.9. The molecule has 0 aliphatic carbocycles. The van der Waals surface area contributed by atoms with Gasteiger partial charge < -0.3 is 15.5 Å². The Balaban J connectivity index is 2.34. The number of pyridine rings is 1. The first-order valence-corrected chi connectivity index (χ1v) is 7.10. The summed E-state index contributed by atoms with van der Waals surface area (Å²) in [5.74, 6) is -3.79. The molecule has 8 heteroatoms. The quantitative estimate of drug-likeness (QED) is 0.741. The molecular formula is C16H15FN2O5. The molecule has 0 bridgehead atoms. The van der Waals surface area contributed by atoms with Gasteiger partial charge in [-0.2, -0.15) is 0 Å². The third-order valence-electron chi connectivity index (χ3n) is 3.39. The van der Waals surface area contributed by atoms with Crippen molar-refractivity contribution in [3.8, 4) is 0 Å². The van der Waals surface area contributed by atoms with Crippen LogP contribution >= 0.6 is 0 Å². The van der Waals surface area contributed by atoms with E-state index >= 15 is 0 Å². The largest absolute Gasteiger partial charge is 0.481 e. The Bertz CT molecular complexity index is 821. The number of hydrogen-bond acceptors (Lipinski definition) is 4. The molecule has 0 aliphatic rings. The minimum atomic E-state index is -1.36. The van der Waals surface area contributed by atoms with Crippen LogP contribution in [0.2, 0.25) is 0 Å². The molecule has 24 heavy (non-hydrogen) atoms. The number of nitrogens with one attached hydrogen (secondary N) is 1. The van der Waals surface area contributed by atoms with Gasteiger partial charge in [-0.3, -0.25) is 14.6 Å². The molecule has 1 aromatic heterocycles. The number of fused-ring (bicyclic) bond motifs is 1. The molecule has 1 heterocycles. The molecule has 0 aliphatic heterocycles. The van der Waals surface area contributed by atoms with Crippen LogP contribution in [0.3, 0.4) is 0 Å². The van der Waals surface area contributed by atoms with Crippen LogP contribution in [0.1, 0.15) is 28.9 Å². The molecule has 0 unspecified atom stereocenters. The second-order valence-corrected chi connectivity index (χ2v) is 5.27. The number of halogens is 1. The van der Waals surface area contributed by atoms with Crippen LogP contribution in [-0.4, -0.2) is 39.1 Å². The van der Waals surface area contributed by atoms with Gasteiger partial charge >= 0.3 is 11.9 Å². The van der Waals surface area contributed by atoms with Crippen molar-refractivity contribution < 1.29 is 29.0 Å². The van der Waals surface area contributed by atoms with Crippen LogP contribution in [0.5, 0.6) is 0 Å². The Morgan fingerprint density at radius 3 is 2.58 bits per heavy atom. The first kappa shape index (κ1) is 17.3. The third-order valence-corrected chi connectivity index (χ3v) is 3.39. The molecule has 0 saturated heterocycles. The van der Waals surface area contributed by atoms with Crippen molar-refractivity contribution in [2.45, 2.75) is 25.8 Å². The van der Waals surface area contributed by atoms with E-state index < -0.39 is 36.1 Å². The number of hydrogen-bond donors (Lipinski definition) is 3. The van der Waals surface area contributed by atoms with Crippen LogP contribution in [-0.2, 0) is 9.59 Å². The number of rotatable bonds is 6. The second kappa shape index (κ2) is 7.03. The van der Waals surface area contributed by atoms with Crippen molar-refractivity contribution in [2.24, 2.45) is 0 Å². The van der Waals surface area contributed by atoms with Crippen molar-refractivity contribution in [3.63, 3.8) is 0 Å². The number of aliphatic carboxylic acids is 2. The molecule has 2 aromatic rings. The van der Waals surface area contributed by atoms with Crippen LogP contribution in [0.25, 0.3) is 10.9 Å². The molecule has 1 atom stereocenters. The highest BCUT2D eigenvalue weighted by atomic mass is 19.1. The van der Waals surface area contributed by atoms with Crippen molar-refractivity contribution in [2.75, 3.05) is 0 Å². The van der Waals surface area contributed by atoms with Crippen molar-refractivity contribution in [1.29, 1.82) is 0 Å². The lowest BCUT2D eigenvalue weighted by molar-refractivity contribution is -0.140. The zero-order chi connectivity index (χ0) is 17.9. The predicted molar refractivity (Wildman–Crippen MR) is 82.2 cm³/mol. The van der Waals surface area contributed by atoms with Gasteiger partial charge in [0.25, 0.3) is 5.91 Å². The predicted octanol–water partition coefficient (Wildman–Crippen LogP) is 1.73. The van der Waals surface area contributed by atoms with Gasteiger partial charge in [0.2, 0.25) is 0 Å². The van der Waals surface area contributed by atoms with Crippen molar-refractivity contribution >= 4 is 28.7 Å². The summed E-state index contributed by atoms with van der Waals surface area (Å²) in [6, 6.07) is 3.85. The fraction of sp³-hybridized carbons (Fsp3) is 0.250. The van der Waals surface area contributed by atoms with Crippen molar-refractivity contribution in [3.05, 3.63) is 41.3 Å². The molecule has 0 spiro atoms. The van der Waals surface area contributed by atoms with Gasteiger partial charge in [-0.05, 0) is 37.6 Å². The molecule has 1 amide bonds. The van der Waals surface area contributed by atoms with Crippen LogP contribution < -0.4 is 5.32 Å². The number of carboxylic acids is 2. The molecule has 3 N–H and O–H groups in total. The number of aromatic nitrogens is 1. The Labute approximate surface area is 136 Å². The Kier molecular flexibility index (Phi) is 5.08. The first-order chi connectivity index (χ1) is 11.3. The van der Waals surface area contributed by atoms with E-state index in [9.17, 15) is 18.8 Å². The summed E-state index contributed by atoms with van der Waals surface area (Å²) in [6.07, 6.45) is -0.658. The number of amides is 1. The molecule has 1 aromatic carbocycles. The summed E-state index contributed by atoms with van der Waals surface area (Å²) in [4.78, 5) is 38.4. The highest BCUT2D eigenvalue weighted by Gasteiger charge is 2.23. The van der Waals surface area contributed by atoms with Crippen LogP contribution in [0.15, 0.2) is 24.3 Å². The van der Waals surface area contributed by atoms with Gasteiger partial charge in [-0.1, -0.05) is 0 Å². The minimum absolute atomic E-state index is 0.0820. The topological polar surface area (TPSA) is 117 Å². The summed E-state index contributed by atoms with van der Waals surface area (Å²) in [7, 11) is 0. The molecule has 7 nitrogen and oxygen atoms in total. The van der Waals surface area contributed by atoms with Gasteiger partial charge in [0, 0.05) is 17.5 Å². The lowest BCUT2D eigenvalue weighted by Gasteiger charge is -2.15. The summed E-state index contributed by atoms with van der Waals surface area (Å²) >= 11 is 0. The summed E-state index contributed by atoms with van der Waals surface area (Å²) in [5, 5.41) is 20.3. The van der Waals surface area contributed by atoms with E-state index in [2.05, 4.69) is 10.3 Å². The maximum absolute atomic E-state index is 13.5. The number of nitrogens with zero attached hydrogens (tertiary/aromatic N) is 1. The van der Waals surface area contributed by atoms with Crippen LogP contribution in [0, 0.1) is 12.7 Å². The number of carboxylic acid groups (broad SMARTS) is 2. The smallest absolute Gasteiger partial charge is 0.326 e. The molecule has 0 radical (unpaired) electrons. The van der Waals surface area contributed by atoms with Gasteiger partial charge in [0.05, 0.1) is 11.1 Å². The summed E-state index contributed by atoms with van der Waals surface area (Å²) in [6.45, 7) is 1.65. The Hall–Kier alpha value is -3.03. The van der Waals surface area contributed by atoms with Gasteiger partial charge in [-0.25, -0.2) is 9.18 Å². The van der Waals surface area contributed by atoms with Gasteiger partial charge in [0.15, 0.2) is 0 Å². The number of carbonyl (C=O) groups is 3. The van der Waals surface area contributed by atoms with E-state index in [1.165, 1.54) is 18.2 Å². The third kappa shape index (κ3) is 4.03. The molecule has 0 saturated carbocycles. The maximum atomic E-state index is 13.5. The lowest BCUT2D eigenvalue weighted by atomic mass is 10.1. The molecule has 2 rings (SSSR count). The fourth-order valence-corrected chi connectivity index (χ4v) is 2.28. The first-order valence-electron chi connectivity index (χ1n) is 7.10.